The average molecular weight is 450 g/mol. The van der Waals surface area contributed by atoms with Gasteiger partial charge in [0.2, 0.25) is 0 Å². The molecule has 0 atom stereocenters. The number of pyridine rings is 1. The van der Waals surface area contributed by atoms with E-state index >= 15 is 0 Å². The van der Waals surface area contributed by atoms with Crippen LogP contribution in [0.4, 0.5) is 8.78 Å². The molecule has 0 radical (unpaired) electrons. The van der Waals surface area contributed by atoms with Crippen molar-refractivity contribution in [1.29, 1.82) is 0 Å². The Bertz CT molecular complexity index is 1130. The van der Waals surface area contributed by atoms with Crippen LogP contribution in [0.5, 0.6) is 5.75 Å². The van der Waals surface area contributed by atoms with Crippen LogP contribution >= 0.6 is 15.9 Å². The van der Waals surface area contributed by atoms with E-state index < -0.39 is 23.2 Å². The third-order valence-electron chi connectivity index (χ3n) is 4.09. The number of carboxylic acids is 1. The van der Waals surface area contributed by atoms with E-state index in [-0.39, 0.29) is 28.0 Å². The second kappa shape index (κ2) is 7.93. The van der Waals surface area contributed by atoms with Crippen LogP contribution < -0.4 is 10.3 Å². The number of H-pyrrole nitrogens is 1. The van der Waals surface area contributed by atoms with Crippen molar-refractivity contribution in [2.24, 2.45) is 0 Å². The van der Waals surface area contributed by atoms with Crippen LogP contribution in [-0.4, -0.2) is 16.1 Å². The van der Waals surface area contributed by atoms with Crippen LogP contribution in [0.3, 0.4) is 0 Å². The summed E-state index contributed by atoms with van der Waals surface area (Å²) >= 11 is 3.17. The van der Waals surface area contributed by atoms with Crippen molar-refractivity contribution in [3.05, 3.63) is 85.7 Å². The maximum absolute atomic E-state index is 13.9. The molecule has 8 heteroatoms. The summed E-state index contributed by atoms with van der Waals surface area (Å²) in [5, 5.41) is 9.23. The molecular weight excluding hydrogens is 436 g/mol. The normalized spacial score (nSPS) is 10.7. The number of aromatic nitrogens is 1. The highest BCUT2D eigenvalue weighted by atomic mass is 79.9. The second-order valence-electron chi connectivity index (χ2n) is 6.01. The predicted octanol–water partition coefficient (Wildman–Crippen LogP) is 4.67. The highest BCUT2D eigenvalue weighted by molar-refractivity contribution is 9.10. The van der Waals surface area contributed by atoms with Gasteiger partial charge in [-0.1, -0.05) is 12.1 Å². The quantitative estimate of drug-likeness (QED) is 0.593. The standard InChI is InChI=1S/C20H14BrF2NO4/c1-10-16(11-3-2-4-12(7-11)20(26)27)18(17(21)19(25)24-10)28-9-13-5-6-14(22)8-15(13)23/h2-8H,9H2,1H3,(H,24,25)(H,26,27). The maximum atomic E-state index is 13.9. The van der Waals surface area contributed by atoms with Crippen molar-refractivity contribution in [2.45, 2.75) is 13.5 Å². The number of benzene rings is 2. The minimum atomic E-state index is -1.10. The number of aromatic carboxylic acids is 1. The second-order valence-corrected chi connectivity index (χ2v) is 6.80. The molecule has 0 aliphatic rings. The van der Waals surface area contributed by atoms with E-state index in [1.165, 1.54) is 18.2 Å². The molecule has 144 valence electrons. The highest BCUT2D eigenvalue weighted by Gasteiger charge is 2.19. The number of nitrogens with one attached hydrogen (secondary N) is 1. The van der Waals surface area contributed by atoms with Gasteiger partial charge in [-0.2, -0.15) is 0 Å². The monoisotopic (exact) mass is 449 g/mol. The van der Waals surface area contributed by atoms with E-state index in [0.29, 0.717) is 16.8 Å². The van der Waals surface area contributed by atoms with Crippen LogP contribution in [0.15, 0.2) is 51.7 Å². The SMILES string of the molecule is Cc1[nH]c(=O)c(Br)c(OCc2ccc(F)cc2F)c1-c1cccc(C(=O)O)c1. The Labute approximate surface area is 166 Å². The Kier molecular flexibility index (Phi) is 5.60. The molecule has 3 aromatic rings. The fraction of sp³-hybridized carbons (Fsp3) is 0.100. The summed E-state index contributed by atoms with van der Waals surface area (Å²) in [5.41, 5.74) is 1.13. The Morgan fingerprint density at radius 3 is 2.64 bits per heavy atom. The molecule has 0 spiro atoms. The molecule has 0 unspecified atom stereocenters. The molecule has 0 saturated carbocycles. The molecule has 0 amide bonds. The summed E-state index contributed by atoms with van der Waals surface area (Å²) in [7, 11) is 0. The maximum Gasteiger partial charge on any atom is 0.335 e. The Morgan fingerprint density at radius 1 is 1.21 bits per heavy atom. The smallest absolute Gasteiger partial charge is 0.335 e. The number of ether oxygens (including phenoxy) is 1. The van der Waals surface area contributed by atoms with E-state index in [1.807, 2.05) is 0 Å². The molecule has 2 N–H and O–H groups in total. The molecule has 0 aliphatic carbocycles. The lowest BCUT2D eigenvalue weighted by atomic mass is 10.0. The number of halogens is 3. The first-order valence-corrected chi connectivity index (χ1v) is 8.90. The zero-order valence-electron chi connectivity index (χ0n) is 14.6. The summed E-state index contributed by atoms with van der Waals surface area (Å²) in [5.74, 6) is -2.45. The summed E-state index contributed by atoms with van der Waals surface area (Å²) in [6, 6.07) is 9.23. The third-order valence-corrected chi connectivity index (χ3v) is 4.81. The Hall–Kier alpha value is -3.00. The summed E-state index contributed by atoms with van der Waals surface area (Å²) in [4.78, 5) is 26.1. The molecule has 0 aliphatic heterocycles. The van der Waals surface area contributed by atoms with Crippen molar-refractivity contribution in [2.75, 3.05) is 0 Å². The zero-order valence-corrected chi connectivity index (χ0v) is 16.1. The van der Waals surface area contributed by atoms with Gasteiger partial charge < -0.3 is 14.8 Å². The van der Waals surface area contributed by atoms with Crippen LogP contribution in [0, 0.1) is 18.6 Å². The molecule has 0 bridgehead atoms. The number of hydrogen-bond acceptors (Lipinski definition) is 3. The Balaban J connectivity index is 2.08. The van der Waals surface area contributed by atoms with Crippen molar-refractivity contribution in [3.63, 3.8) is 0 Å². The van der Waals surface area contributed by atoms with Gasteiger partial charge in [-0.3, -0.25) is 4.79 Å². The fourth-order valence-corrected chi connectivity index (χ4v) is 3.16. The van der Waals surface area contributed by atoms with Gasteiger partial charge in [0, 0.05) is 22.9 Å². The van der Waals surface area contributed by atoms with Crippen molar-refractivity contribution in [3.8, 4) is 16.9 Å². The van der Waals surface area contributed by atoms with Crippen LogP contribution in [0.1, 0.15) is 21.6 Å². The molecule has 0 fully saturated rings. The molecular formula is C20H14BrF2NO4. The van der Waals surface area contributed by atoms with Crippen LogP contribution in [-0.2, 0) is 6.61 Å². The molecule has 1 aromatic heterocycles. The molecule has 2 aromatic carbocycles. The van der Waals surface area contributed by atoms with E-state index in [9.17, 15) is 23.5 Å². The minimum Gasteiger partial charge on any atom is -0.487 e. The largest absolute Gasteiger partial charge is 0.487 e. The van der Waals surface area contributed by atoms with Gasteiger partial charge >= 0.3 is 5.97 Å². The van der Waals surface area contributed by atoms with Gasteiger partial charge in [-0.25, -0.2) is 13.6 Å². The zero-order chi connectivity index (χ0) is 20.4. The van der Waals surface area contributed by atoms with Crippen LogP contribution in [0.25, 0.3) is 11.1 Å². The summed E-state index contributed by atoms with van der Waals surface area (Å²) in [6.07, 6.45) is 0. The first-order chi connectivity index (χ1) is 13.3. The number of aryl methyl sites for hydroxylation is 1. The number of carboxylic acid groups (broad SMARTS) is 1. The summed E-state index contributed by atoms with van der Waals surface area (Å²) in [6.45, 7) is 1.39. The molecule has 1 heterocycles. The highest BCUT2D eigenvalue weighted by Crippen LogP contribution is 2.37. The molecule has 0 saturated heterocycles. The van der Waals surface area contributed by atoms with E-state index in [4.69, 9.17) is 4.74 Å². The first-order valence-electron chi connectivity index (χ1n) is 8.10. The number of hydrogen-bond donors (Lipinski definition) is 2. The van der Waals surface area contributed by atoms with Gasteiger partial charge in [-0.15, -0.1) is 0 Å². The van der Waals surface area contributed by atoms with Crippen molar-refractivity contribution >= 4 is 21.9 Å². The number of rotatable bonds is 5. The predicted molar refractivity (Wildman–Crippen MR) is 103 cm³/mol. The molecule has 5 nitrogen and oxygen atoms in total. The lowest BCUT2D eigenvalue weighted by Gasteiger charge is -2.16. The first kappa shape index (κ1) is 19.8. The lowest BCUT2D eigenvalue weighted by Crippen LogP contribution is -2.13. The van der Waals surface area contributed by atoms with Crippen molar-refractivity contribution < 1.29 is 23.4 Å². The molecule has 28 heavy (non-hydrogen) atoms. The van der Waals surface area contributed by atoms with Gasteiger partial charge in [0.15, 0.2) is 0 Å². The third kappa shape index (κ3) is 3.96. The van der Waals surface area contributed by atoms with E-state index in [1.54, 1.807) is 19.1 Å². The molecule has 3 rings (SSSR count). The van der Waals surface area contributed by atoms with E-state index in [2.05, 4.69) is 20.9 Å². The summed E-state index contributed by atoms with van der Waals surface area (Å²) < 4.78 is 32.8. The topological polar surface area (TPSA) is 79.4 Å². The average Bonchev–Trinajstić information content (AvgIpc) is 2.64. The van der Waals surface area contributed by atoms with Crippen LogP contribution in [0.2, 0.25) is 0 Å². The van der Waals surface area contributed by atoms with Gasteiger partial charge in [0.25, 0.3) is 5.56 Å². The fourth-order valence-electron chi connectivity index (χ4n) is 2.75. The Morgan fingerprint density at radius 2 is 1.96 bits per heavy atom. The van der Waals surface area contributed by atoms with Gasteiger partial charge in [-0.05, 0) is 52.7 Å². The minimum absolute atomic E-state index is 0.0646. The van der Waals surface area contributed by atoms with Gasteiger partial charge in [0.1, 0.15) is 28.5 Å². The van der Waals surface area contributed by atoms with Gasteiger partial charge in [0.05, 0.1) is 5.56 Å². The number of aromatic amines is 1. The van der Waals surface area contributed by atoms with Crippen molar-refractivity contribution in [1.82, 2.24) is 4.98 Å². The van der Waals surface area contributed by atoms with E-state index in [0.717, 1.165) is 12.1 Å². The lowest BCUT2D eigenvalue weighted by molar-refractivity contribution is 0.0697. The number of carbonyl (C=O) groups is 1.